The van der Waals surface area contributed by atoms with Gasteiger partial charge in [0.2, 0.25) is 0 Å². The molecule has 0 amide bonds. The molecule has 0 atom stereocenters. The van der Waals surface area contributed by atoms with E-state index in [2.05, 4.69) is 20.4 Å². The monoisotopic (exact) mass is 312 g/mol. The quantitative estimate of drug-likeness (QED) is 0.740. The first kappa shape index (κ1) is 14.8. The Bertz CT molecular complexity index is 865. The predicted octanol–water partition coefficient (Wildman–Crippen LogP) is 1.68. The number of aromatic hydroxyl groups is 1. The molecule has 2 heterocycles. The van der Waals surface area contributed by atoms with Crippen molar-refractivity contribution >= 4 is 6.21 Å². The largest absolute Gasteiger partial charge is 0.507 e. The van der Waals surface area contributed by atoms with Crippen LogP contribution in [0.2, 0.25) is 0 Å². The third kappa shape index (κ3) is 2.91. The molecule has 1 aromatic carbocycles. The van der Waals surface area contributed by atoms with Crippen molar-refractivity contribution in [3.05, 3.63) is 47.5 Å². The lowest BCUT2D eigenvalue weighted by Gasteiger charge is -2.04. The van der Waals surface area contributed by atoms with Crippen LogP contribution in [0, 0.1) is 13.8 Å². The van der Waals surface area contributed by atoms with Crippen LogP contribution in [0.25, 0.3) is 5.95 Å². The van der Waals surface area contributed by atoms with Gasteiger partial charge in [-0.05, 0) is 38.1 Å². The number of aryl methyl sites for hydroxylation is 2. The molecule has 118 valence electrons. The Kier molecular flexibility index (Phi) is 3.80. The van der Waals surface area contributed by atoms with E-state index in [1.54, 1.807) is 30.0 Å². The lowest BCUT2D eigenvalue weighted by Crippen LogP contribution is -2.06. The van der Waals surface area contributed by atoms with E-state index in [9.17, 15) is 5.11 Å². The number of methoxy groups -OCH3 is 1. The lowest BCUT2D eigenvalue weighted by atomic mass is 10.2. The van der Waals surface area contributed by atoms with E-state index in [-0.39, 0.29) is 5.75 Å². The van der Waals surface area contributed by atoms with E-state index in [4.69, 9.17) is 4.74 Å². The molecule has 3 rings (SSSR count). The van der Waals surface area contributed by atoms with E-state index in [0.717, 1.165) is 11.4 Å². The van der Waals surface area contributed by atoms with Crippen LogP contribution in [0.4, 0.5) is 0 Å². The van der Waals surface area contributed by atoms with E-state index in [1.165, 1.54) is 17.2 Å². The highest BCUT2D eigenvalue weighted by molar-refractivity contribution is 5.84. The molecule has 0 unspecified atom stereocenters. The van der Waals surface area contributed by atoms with Crippen LogP contribution in [-0.2, 0) is 0 Å². The van der Waals surface area contributed by atoms with Crippen molar-refractivity contribution in [1.29, 1.82) is 0 Å². The van der Waals surface area contributed by atoms with Crippen molar-refractivity contribution in [3.8, 4) is 17.4 Å². The highest BCUT2D eigenvalue weighted by atomic mass is 16.5. The summed E-state index contributed by atoms with van der Waals surface area (Å²) >= 11 is 0. The highest BCUT2D eigenvalue weighted by Crippen LogP contribution is 2.21. The van der Waals surface area contributed by atoms with Crippen molar-refractivity contribution in [1.82, 2.24) is 24.7 Å². The molecule has 0 saturated carbocycles. The van der Waals surface area contributed by atoms with Crippen LogP contribution in [0.5, 0.6) is 11.5 Å². The Morgan fingerprint density at radius 3 is 2.78 bits per heavy atom. The summed E-state index contributed by atoms with van der Waals surface area (Å²) in [6.45, 7) is 3.83. The standard InChI is InChI=1S/C15H16N6O2/c1-10-6-11(2)21(19-10)15-18-16-9-20(15)17-8-12-7-13(23-3)4-5-14(12)22/h4-9,22H,1-3H3/b17-8+. The minimum absolute atomic E-state index is 0.107. The normalized spacial score (nSPS) is 11.3. The molecule has 0 saturated heterocycles. The zero-order valence-electron chi connectivity index (χ0n) is 13.0. The zero-order valence-corrected chi connectivity index (χ0v) is 13.0. The molecule has 1 N–H and O–H groups in total. The number of benzene rings is 1. The molecule has 0 aliphatic heterocycles. The van der Waals surface area contributed by atoms with Crippen LogP contribution in [0.15, 0.2) is 35.7 Å². The summed E-state index contributed by atoms with van der Waals surface area (Å²) < 4.78 is 8.28. The first-order valence-electron chi connectivity index (χ1n) is 6.93. The number of phenols is 1. The third-order valence-electron chi connectivity index (χ3n) is 3.27. The fourth-order valence-electron chi connectivity index (χ4n) is 2.16. The second-order valence-electron chi connectivity index (χ2n) is 4.98. The van der Waals surface area contributed by atoms with Gasteiger partial charge < -0.3 is 9.84 Å². The van der Waals surface area contributed by atoms with E-state index >= 15 is 0 Å². The van der Waals surface area contributed by atoms with Gasteiger partial charge in [-0.15, -0.1) is 10.2 Å². The second kappa shape index (κ2) is 5.91. The first-order valence-corrected chi connectivity index (χ1v) is 6.93. The van der Waals surface area contributed by atoms with Crippen molar-refractivity contribution in [3.63, 3.8) is 0 Å². The molecule has 0 aliphatic rings. The van der Waals surface area contributed by atoms with Crippen molar-refractivity contribution in [2.24, 2.45) is 5.10 Å². The van der Waals surface area contributed by atoms with Crippen LogP contribution in [0.3, 0.4) is 0 Å². The molecule has 23 heavy (non-hydrogen) atoms. The average molecular weight is 312 g/mol. The summed E-state index contributed by atoms with van der Waals surface area (Å²) in [6.07, 6.45) is 2.98. The molecule has 3 aromatic rings. The maximum Gasteiger partial charge on any atom is 0.273 e. The number of hydrogen-bond donors (Lipinski definition) is 1. The van der Waals surface area contributed by atoms with Gasteiger partial charge in [-0.3, -0.25) is 0 Å². The SMILES string of the molecule is COc1ccc(O)c(/C=N/n2cnnc2-n2nc(C)cc2C)c1. The van der Waals surface area contributed by atoms with Crippen LogP contribution in [-0.4, -0.2) is 43.1 Å². The molecule has 0 spiro atoms. The van der Waals surface area contributed by atoms with E-state index < -0.39 is 0 Å². The third-order valence-corrected chi connectivity index (χ3v) is 3.27. The number of aromatic nitrogens is 5. The van der Waals surface area contributed by atoms with Crippen molar-refractivity contribution in [2.45, 2.75) is 13.8 Å². The highest BCUT2D eigenvalue weighted by Gasteiger charge is 2.10. The van der Waals surface area contributed by atoms with E-state index in [1.807, 2.05) is 19.9 Å². The molecule has 0 fully saturated rings. The minimum Gasteiger partial charge on any atom is -0.507 e. The molecule has 2 aromatic heterocycles. The fraction of sp³-hybridized carbons (Fsp3) is 0.200. The number of hydrogen-bond acceptors (Lipinski definition) is 6. The van der Waals surface area contributed by atoms with Gasteiger partial charge in [-0.1, -0.05) is 0 Å². The Hall–Kier alpha value is -3.16. The van der Waals surface area contributed by atoms with Gasteiger partial charge >= 0.3 is 0 Å². The van der Waals surface area contributed by atoms with Gasteiger partial charge in [0, 0.05) is 11.3 Å². The van der Waals surface area contributed by atoms with Gasteiger partial charge in [-0.2, -0.15) is 14.9 Å². The van der Waals surface area contributed by atoms with Crippen LogP contribution in [0.1, 0.15) is 17.0 Å². The van der Waals surface area contributed by atoms with Crippen LogP contribution >= 0.6 is 0 Å². The molecule has 8 heteroatoms. The molecular formula is C15H16N6O2. The maximum absolute atomic E-state index is 9.89. The fourth-order valence-corrected chi connectivity index (χ4v) is 2.16. The van der Waals surface area contributed by atoms with Crippen molar-refractivity contribution in [2.75, 3.05) is 7.11 Å². The first-order chi connectivity index (χ1) is 11.1. The molecular weight excluding hydrogens is 296 g/mol. The second-order valence-corrected chi connectivity index (χ2v) is 4.98. The molecule has 0 radical (unpaired) electrons. The Labute approximate surface area is 132 Å². The summed E-state index contributed by atoms with van der Waals surface area (Å²) in [7, 11) is 1.56. The van der Waals surface area contributed by atoms with Crippen LogP contribution < -0.4 is 4.74 Å². The van der Waals surface area contributed by atoms with Gasteiger partial charge in [0.25, 0.3) is 5.95 Å². The van der Waals surface area contributed by atoms with E-state index in [0.29, 0.717) is 17.3 Å². The number of ether oxygens (including phenoxy) is 1. The van der Waals surface area contributed by atoms with Crippen molar-refractivity contribution < 1.29 is 9.84 Å². The Morgan fingerprint density at radius 2 is 2.09 bits per heavy atom. The van der Waals surface area contributed by atoms with Gasteiger partial charge in [-0.25, -0.2) is 4.68 Å². The van der Waals surface area contributed by atoms with Gasteiger partial charge in [0.1, 0.15) is 17.8 Å². The van der Waals surface area contributed by atoms with Gasteiger partial charge in [0.15, 0.2) is 0 Å². The predicted molar refractivity (Wildman–Crippen MR) is 84.3 cm³/mol. The summed E-state index contributed by atoms with van der Waals surface area (Å²) in [4.78, 5) is 0. The summed E-state index contributed by atoms with van der Waals surface area (Å²) in [5, 5.41) is 26.5. The minimum atomic E-state index is 0.107. The Morgan fingerprint density at radius 1 is 1.26 bits per heavy atom. The summed E-state index contributed by atoms with van der Waals surface area (Å²) in [5.41, 5.74) is 2.33. The topological polar surface area (TPSA) is 90.4 Å². The number of nitrogens with zero attached hydrogens (tertiary/aromatic N) is 6. The average Bonchev–Trinajstić information content (AvgIpc) is 3.12. The summed E-state index contributed by atoms with van der Waals surface area (Å²) in [6, 6.07) is 6.85. The lowest BCUT2D eigenvalue weighted by molar-refractivity contribution is 0.412. The van der Waals surface area contributed by atoms with Gasteiger partial charge in [0.05, 0.1) is 19.0 Å². The Balaban J connectivity index is 1.96. The molecule has 0 aliphatic carbocycles. The number of rotatable bonds is 4. The number of phenolic OH excluding ortho intramolecular Hbond substituents is 1. The summed E-state index contributed by atoms with van der Waals surface area (Å²) in [5.74, 6) is 1.20. The molecule has 8 nitrogen and oxygen atoms in total. The smallest absolute Gasteiger partial charge is 0.273 e. The maximum atomic E-state index is 9.89. The molecule has 0 bridgehead atoms. The zero-order chi connectivity index (χ0) is 16.4.